The Kier molecular flexibility index (Phi) is 6.62. The van der Waals surface area contributed by atoms with Crippen LogP contribution < -0.4 is 14.8 Å². The van der Waals surface area contributed by atoms with Crippen LogP contribution in [0.4, 0.5) is 5.69 Å². The minimum absolute atomic E-state index is 0.281. The van der Waals surface area contributed by atoms with Gasteiger partial charge in [-0.3, -0.25) is 4.79 Å². The summed E-state index contributed by atoms with van der Waals surface area (Å²) in [6.45, 7) is -0.659. The van der Waals surface area contributed by atoms with Crippen molar-refractivity contribution in [2.45, 2.75) is 0 Å². The average Bonchev–Trinajstić information content (AvgIpc) is 2.58. The van der Waals surface area contributed by atoms with Gasteiger partial charge in [0.2, 0.25) is 0 Å². The van der Waals surface area contributed by atoms with Crippen LogP contribution >= 0.6 is 15.9 Å². The maximum absolute atomic E-state index is 11.7. The predicted molar refractivity (Wildman–Crippen MR) is 92.2 cm³/mol. The number of anilines is 1. The third-order valence-electron chi connectivity index (χ3n) is 2.89. The topological polar surface area (TPSA) is 73.9 Å². The average molecular weight is 394 g/mol. The number of amides is 1. The fraction of sp³-hybridized carbons (Fsp3) is 0.176. The first-order valence-electron chi connectivity index (χ1n) is 7.05. The summed E-state index contributed by atoms with van der Waals surface area (Å²) >= 11 is 3.30. The molecule has 126 valence electrons. The maximum Gasteiger partial charge on any atom is 0.344 e. The molecule has 2 rings (SSSR count). The number of ether oxygens (including phenoxy) is 3. The van der Waals surface area contributed by atoms with Gasteiger partial charge in [-0.2, -0.15) is 0 Å². The number of hydrogen-bond acceptors (Lipinski definition) is 5. The zero-order chi connectivity index (χ0) is 17.4. The second kappa shape index (κ2) is 8.93. The normalized spacial score (nSPS) is 9.92. The summed E-state index contributed by atoms with van der Waals surface area (Å²) in [7, 11) is 1.56. The maximum atomic E-state index is 11.7. The second-order valence-electron chi connectivity index (χ2n) is 4.68. The highest BCUT2D eigenvalue weighted by Gasteiger charge is 2.09. The van der Waals surface area contributed by atoms with Crippen LogP contribution in [0.3, 0.4) is 0 Å². The molecule has 0 fully saturated rings. The number of carbonyl (C=O) groups is 2. The summed E-state index contributed by atoms with van der Waals surface area (Å²) in [6.07, 6.45) is 0. The van der Waals surface area contributed by atoms with E-state index in [4.69, 9.17) is 14.2 Å². The van der Waals surface area contributed by atoms with Crippen LogP contribution in [0.25, 0.3) is 0 Å². The molecule has 0 atom stereocenters. The molecule has 2 aromatic rings. The Hall–Kier alpha value is -2.54. The van der Waals surface area contributed by atoms with Crippen LogP contribution in [0, 0.1) is 0 Å². The van der Waals surface area contributed by atoms with Gasteiger partial charge in [-0.05, 0) is 42.5 Å². The van der Waals surface area contributed by atoms with E-state index in [1.54, 1.807) is 49.6 Å². The molecular weight excluding hydrogens is 378 g/mol. The van der Waals surface area contributed by atoms with Gasteiger partial charge < -0.3 is 19.5 Å². The highest BCUT2D eigenvalue weighted by molar-refractivity contribution is 9.10. The molecule has 0 bridgehead atoms. The van der Waals surface area contributed by atoms with Crippen LogP contribution in [0.1, 0.15) is 0 Å². The van der Waals surface area contributed by atoms with Gasteiger partial charge in [-0.25, -0.2) is 4.79 Å². The lowest BCUT2D eigenvalue weighted by Crippen LogP contribution is -2.23. The number of esters is 1. The molecule has 1 N–H and O–H groups in total. The van der Waals surface area contributed by atoms with Crippen molar-refractivity contribution in [2.24, 2.45) is 0 Å². The SMILES string of the molecule is COc1ccc(OCC(=O)OCC(=O)Nc2cccc(Br)c2)cc1. The lowest BCUT2D eigenvalue weighted by atomic mass is 10.3. The van der Waals surface area contributed by atoms with E-state index in [0.717, 1.165) is 4.47 Å². The van der Waals surface area contributed by atoms with Gasteiger partial charge in [-0.15, -0.1) is 0 Å². The van der Waals surface area contributed by atoms with Gasteiger partial charge in [-0.1, -0.05) is 22.0 Å². The van der Waals surface area contributed by atoms with E-state index in [9.17, 15) is 9.59 Å². The molecule has 0 unspecified atom stereocenters. The number of hydrogen-bond donors (Lipinski definition) is 1. The van der Waals surface area contributed by atoms with E-state index in [2.05, 4.69) is 21.2 Å². The lowest BCUT2D eigenvalue weighted by molar-refractivity contribution is -0.149. The minimum Gasteiger partial charge on any atom is -0.497 e. The van der Waals surface area contributed by atoms with Gasteiger partial charge in [0, 0.05) is 10.2 Å². The lowest BCUT2D eigenvalue weighted by Gasteiger charge is -2.08. The van der Waals surface area contributed by atoms with Gasteiger partial charge >= 0.3 is 5.97 Å². The number of halogens is 1. The van der Waals surface area contributed by atoms with Crippen molar-refractivity contribution < 1.29 is 23.8 Å². The van der Waals surface area contributed by atoms with Crippen LogP contribution in [0.2, 0.25) is 0 Å². The largest absolute Gasteiger partial charge is 0.497 e. The second-order valence-corrected chi connectivity index (χ2v) is 5.60. The predicted octanol–water partition coefficient (Wildman–Crippen LogP) is 3.02. The van der Waals surface area contributed by atoms with Crippen LogP contribution in [0.5, 0.6) is 11.5 Å². The van der Waals surface area contributed by atoms with Crippen molar-refractivity contribution in [3.63, 3.8) is 0 Å². The van der Waals surface area contributed by atoms with Crippen LogP contribution in [0.15, 0.2) is 53.0 Å². The molecule has 0 radical (unpaired) electrons. The van der Waals surface area contributed by atoms with E-state index < -0.39 is 11.9 Å². The van der Waals surface area contributed by atoms with Gasteiger partial charge in [0.25, 0.3) is 5.91 Å². The molecule has 0 spiro atoms. The zero-order valence-corrected chi connectivity index (χ0v) is 14.5. The van der Waals surface area contributed by atoms with Gasteiger partial charge in [0.1, 0.15) is 11.5 Å². The third-order valence-corrected chi connectivity index (χ3v) is 3.38. The summed E-state index contributed by atoms with van der Waals surface area (Å²) in [5, 5.41) is 2.62. The third kappa shape index (κ3) is 5.92. The number of rotatable bonds is 7. The molecule has 0 aliphatic carbocycles. The zero-order valence-electron chi connectivity index (χ0n) is 13.0. The first-order chi connectivity index (χ1) is 11.6. The van der Waals surface area contributed by atoms with Crippen molar-refractivity contribution in [1.29, 1.82) is 0 Å². The highest BCUT2D eigenvalue weighted by atomic mass is 79.9. The number of benzene rings is 2. The minimum atomic E-state index is -0.629. The van der Waals surface area contributed by atoms with Crippen molar-refractivity contribution in [2.75, 3.05) is 25.6 Å². The van der Waals surface area contributed by atoms with Crippen LogP contribution in [-0.4, -0.2) is 32.2 Å². The highest BCUT2D eigenvalue weighted by Crippen LogP contribution is 2.17. The van der Waals surface area contributed by atoms with Crippen molar-refractivity contribution >= 4 is 33.5 Å². The smallest absolute Gasteiger partial charge is 0.344 e. The summed E-state index contributed by atoms with van der Waals surface area (Å²) in [4.78, 5) is 23.3. The monoisotopic (exact) mass is 393 g/mol. The molecule has 24 heavy (non-hydrogen) atoms. The molecule has 7 heteroatoms. The number of carbonyl (C=O) groups excluding carboxylic acids is 2. The molecule has 1 amide bonds. The summed E-state index contributed by atoms with van der Waals surface area (Å²) in [6, 6.07) is 13.9. The van der Waals surface area contributed by atoms with Crippen molar-refractivity contribution in [3.8, 4) is 11.5 Å². The van der Waals surface area contributed by atoms with Crippen LogP contribution in [-0.2, 0) is 14.3 Å². The van der Waals surface area contributed by atoms with Crippen molar-refractivity contribution in [3.05, 3.63) is 53.0 Å². The quantitative estimate of drug-likeness (QED) is 0.731. The van der Waals surface area contributed by atoms with E-state index in [0.29, 0.717) is 17.2 Å². The molecule has 2 aromatic carbocycles. The molecule has 0 saturated carbocycles. The Bertz CT molecular complexity index is 702. The fourth-order valence-electron chi connectivity index (χ4n) is 1.77. The number of methoxy groups -OCH3 is 1. The van der Waals surface area contributed by atoms with E-state index in [-0.39, 0.29) is 13.2 Å². The van der Waals surface area contributed by atoms with Crippen molar-refractivity contribution in [1.82, 2.24) is 0 Å². The molecule has 0 aliphatic heterocycles. The Balaban J connectivity index is 1.71. The Morgan fingerprint density at radius 3 is 2.42 bits per heavy atom. The summed E-state index contributed by atoms with van der Waals surface area (Å²) in [5.41, 5.74) is 0.611. The van der Waals surface area contributed by atoms with Gasteiger partial charge in [0.15, 0.2) is 13.2 Å². The first-order valence-corrected chi connectivity index (χ1v) is 7.84. The standard InChI is InChI=1S/C17H16BrNO5/c1-22-14-5-7-15(8-6-14)23-11-17(21)24-10-16(20)19-13-4-2-3-12(18)9-13/h2-9H,10-11H2,1H3,(H,19,20). The van der Waals surface area contributed by atoms with Gasteiger partial charge in [0.05, 0.1) is 7.11 Å². The molecule has 0 saturated heterocycles. The first kappa shape index (κ1) is 17.8. The summed E-state index contributed by atoms with van der Waals surface area (Å²) in [5.74, 6) is 0.140. The Morgan fingerprint density at radius 1 is 1.04 bits per heavy atom. The molecule has 0 heterocycles. The summed E-state index contributed by atoms with van der Waals surface area (Å²) < 4.78 is 16.0. The fourth-order valence-corrected chi connectivity index (χ4v) is 2.16. The molecular formula is C17H16BrNO5. The Morgan fingerprint density at radius 2 is 1.75 bits per heavy atom. The van der Waals surface area contributed by atoms with E-state index in [1.807, 2.05) is 6.07 Å². The number of nitrogens with one attached hydrogen (secondary N) is 1. The Labute approximate surface area is 147 Å². The molecule has 0 aromatic heterocycles. The van der Waals surface area contributed by atoms with E-state index >= 15 is 0 Å². The molecule has 0 aliphatic rings. The molecule has 6 nitrogen and oxygen atoms in total. The van der Waals surface area contributed by atoms with E-state index in [1.165, 1.54) is 0 Å².